The maximum absolute atomic E-state index is 10.8. The summed E-state index contributed by atoms with van der Waals surface area (Å²) in [5.41, 5.74) is 0.970. The van der Waals surface area contributed by atoms with E-state index in [9.17, 15) is 4.79 Å². The molecule has 0 aromatic carbocycles. The SMILES string of the molecule is CN(C)CCCN(C)c1ccnc(C(=O)O)c1. The average Bonchev–Trinajstić information content (AvgIpc) is 2.28. The second-order valence-electron chi connectivity index (χ2n) is 4.28. The first-order chi connectivity index (χ1) is 8.00. The van der Waals surface area contributed by atoms with E-state index < -0.39 is 5.97 Å². The Hall–Kier alpha value is -1.62. The molecular weight excluding hydrogens is 218 g/mol. The molecule has 0 saturated carbocycles. The number of carbonyl (C=O) groups is 1. The number of carboxylic acid groups (broad SMARTS) is 1. The average molecular weight is 237 g/mol. The maximum atomic E-state index is 10.8. The zero-order valence-electron chi connectivity index (χ0n) is 10.6. The van der Waals surface area contributed by atoms with Crippen LogP contribution in [-0.4, -0.2) is 55.2 Å². The summed E-state index contributed by atoms with van der Waals surface area (Å²) < 4.78 is 0. The molecule has 1 aromatic rings. The van der Waals surface area contributed by atoms with Crippen molar-refractivity contribution in [2.45, 2.75) is 6.42 Å². The van der Waals surface area contributed by atoms with Crippen molar-refractivity contribution in [1.29, 1.82) is 0 Å². The van der Waals surface area contributed by atoms with Crippen molar-refractivity contribution >= 4 is 11.7 Å². The van der Waals surface area contributed by atoms with Gasteiger partial charge >= 0.3 is 5.97 Å². The molecule has 17 heavy (non-hydrogen) atoms. The molecule has 0 aliphatic heterocycles. The summed E-state index contributed by atoms with van der Waals surface area (Å²) in [5.74, 6) is -0.992. The van der Waals surface area contributed by atoms with E-state index in [2.05, 4.69) is 9.88 Å². The second-order valence-corrected chi connectivity index (χ2v) is 4.28. The lowest BCUT2D eigenvalue weighted by atomic mass is 10.3. The molecule has 1 aromatic heterocycles. The van der Waals surface area contributed by atoms with E-state index in [0.717, 1.165) is 25.2 Å². The Balaban J connectivity index is 2.59. The fraction of sp³-hybridized carbons (Fsp3) is 0.500. The Kier molecular flexibility index (Phi) is 4.90. The number of aromatic nitrogens is 1. The van der Waals surface area contributed by atoms with Gasteiger partial charge in [-0.1, -0.05) is 0 Å². The minimum Gasteiger partial charge on any atom is -0.477 e. The van der Waals surface area contributed by atoms with E-state index in [1.807, 2.05) is 32.1 Å². The molecular formula is C12H19N3O2. The number of anilines is 1. The largest absolute Gasteiger partial charge is 0.477 e. The number of nitrogens with zero attached hydrogens (tertiary/aromatic N) is 3. The van der Waals surface area contributed by atoms with Gasteiger partial charge in [0.1, 0.15) is 5.69 Å². The molecule has 5 nitrogen and oxygen atoms in total. The van der Waals surface area contributed by atoms with Crippen molar-refractivity contribution < 1.29 is 9.90 Å². The van der Waals surface area contributed by atoms with Gasteiger partial charge in [0.05, 0.1) is 0 Å². The smallest absolute Gasteiger partial charge is 0.354 e. The molecule has 1 rings (SSSR count). The van der Waals surface area contributed by atoms with Crippen molar-refractivity contribution in [3.05, 3.63) is 24.0 Å². The van der Waals surface area contributed by atoms with E-state index in [-0.39, 0.29) is 5.69 Å². The maximum Gasteiger partial charge on any atom is 0.354 e. The highest BCUT2D eigenvalue weighted by atomic mass is 16.4. The summed E-state index contributed by atoms with van der Waals surface area (Å²) in [6.45, 7) is 1.91. The Morgan fingerprint density at radius 3 is 2.65 bits per heavy atom. The van der Waals surface area contributed by atoms with E-state index in [0.29, 0.717) is 0 Å². The molecule has 1 heterocycles. The molecule has 0 radical (unpaired) electrons. The van der Waals surface area contributed by atoms with Crippen LogP contribution in [0.5, 0.6) is 0 Å². The van der Waals surface area contributed by atoms with Crippen LogP contribution in [0, 0.1) is 0 Å². The molecule has 0 saturated heterocycles. The number of rotatable bonds is 6. The van der Waals surface area contributed by atoms with Crippen LogP contribution >= 0.6 is 0 Å². The van der Waals surface area contributed by atoms with E-state index in [1.54, 1.807) is 6.07 Å². The van der Waals surface area contributed by atoms with Gasteiger partial charge in [-0.15, -0.1) is 0 Å². The predicted octanol–water partition coefficient (Wildman–Crippen LogP) is 1.17. The van der Waals surface area contributed by atoms with Crippen LogP contribution < -0.4 is 4.90 Å². The van der Waals surface area contributed by atoms with Crippen LogP contribution in [-0.2, 0) is 0 Å². The minimum atomic E-state index is -0.992. The Morgan fingerprint density at radius 1 is 1.35 bits per heavy atom. The molecule has 0 atom stereocenters. The van der Waals surface area contributed by atoms with Gasteiger partial charge in [-0.2, -0.15) is 0 Å². The van der Waals surface area contributed by atoms with Crippen LogP contribution in [0.2, 0.25) is 0 Å². The van der Waals surface area contributed by atoms with E-state index in [4.69, 9.17) is 5.11 Å². The summed E-state index contributed by atoms with van der Waals surface area (Å²) >= 11 is 0. The van der Waals surface area contributed by atoms with Crippen LogP contribution in [0.4, 0.5) is 5.69 Å². The van der Waals surface area contributed by atoms with Gasteiger partial charge in [0.2, 0.25) is 0 Å². The number of hydrogen-bond acceptors (Lipinski definition) is 4. The molecule has 0 bridgehead atoms. The number of pyridine rings is 1. The summed E-state index contributed by atoms with van der Waals surface area (Å²) in [5, 5.41) is 8.85. The van der Waals surface area contributed by atoms with Crippen LogP contribution in [0.3, 0.4) is 0 Å². The molecule has 0 unspecified atom stereocenters. The van der Waals surface area contributed by atoms with Gasteiger partial charge in [0.25, 0.3) is 0 Å². The van der Waals surface area contributed by atoms with Gasteiger partial charge in [0.15, 0.2) is 0 Å². The Bertz CT molecular complexity index is 380. The third-order valence-electron chi connectivity index (χ3n) is 2.50. The van der Waals surface area contributed by atoms with Gasteiger partial charge in [0, 0.05) is 25.5 Å². The monoisotopic (exact) mass is 237 g/mol. The van der Waals surface area contributed by atoms with Crippen molar-refractivity contribution in [2.75, 3.05) is 39.1 Å². The van der Waals surface area contributed by atoms with Crippen LogP contribution in [0.15, 0.2) is 18.3 Å². The first kappa shape index (κ1) is 13.4. The molecule has 0 aliphatic rings. The fourth-order valence-corrected chi connectivity index (χ4v) is 1.53. The number of aromatic carboxylic acids is 1. The van der Waals surface area contributed by atoms with Gasteiger partial charge in [-0.25, -0.2) is 9.78 Å². The molecule has 0 spiro atoms. The van der Waals surface area contributed by atoms with Gasteiger partial charge < -0.3 is 14.9 Å². The lowest BCUT2D eigenvalue weighted by Crippen LogP contribution is -2.23. The van der Waals surface area contributed by atoms with Crippen molar-refractivity contribution in [3.63, 3.8) is 0 Å². The summed E-state index contributed by atoms with van der Waals surface area (Å²) in [7, 11) is 6.03. The van der Waals surface area contributed by atoms with Crippen LogP contribution in [0.1, 0.15) is 16.9 Å². The quantitative estimate of drug-likeness (QED) is 0.804. The molecule has 0 aliphatic carbocycles. The molecule has 0 amide bonds. The van der Waals surface area contributed by atoms with E-state index in [1.165, 1.54) is 6.20 Å². The van der Waals surface area contributed by atoms with Crippen molar-refractivity contribution in [3.8, 4) is 0 Å². The normalized spacial score (nSPS) is 10.6. The third kappa shape index (κ3) is 4.40. The summed E-state index contributed by atoms with van der Waals surface area (Å²) in [6.07, 6.45) is 2.56. The molecule has 0 fully saturated rings. The Morgan fingerprint density at radius 2 is 2.06 bits per heavy atom. The topological polar surface area (TPSA) is 56.7 Å². The fourth-order valence-electron chi connectivity index (χ4n) is 1.53. The van der Waals surface area contributed by atoms with Crippen LogP contribution in [0.25, 0.3) is 0 Å². The predicted molar refractivity (Wildman–Crippen MR) is 67.6 cm³/mol. The van der Waals surface area contributed by atoms with Gasteiger partial charge in [-0.3, -0.25) is 0 Å². The van der Waals surface area contributed by atoms with Crippen molar-refractivity contribution in [2.24, 2.45) is 0 Å². The highest BCUT2D eigenvalue weighted by molar-refractivity contribution is 5.86. The first-order valence-corrected chi connectivity index (χ1v) is 5.56. The highest BCUT2D eigenvalue weighted by Crippen LogP contribution is 2.13. The minimum absolute atomic E-state index is 0.0851. The summed E-state index contributed by atoms with van der Waals surface area (Å²) in [6, 6.07) is 3.42. The lowest BCUT2D eigenvalue weighted by Gasteiger charge is -2.20. The zero-order chi connectivity index (χ0) is 12.8. The summed E-state index contributed by atoms with van der Waals surface area (Å²) in [4.78, 5) is 18.8. The zero-order valence-corrected chi connectivity index (χ0v) is 10.6. The first-order valence-electron chi connectivity index (χ1n) is 5.56. The lowest BCUT2D eigenvalue weighted by molar-refractivity contribution is 0.0690. The Labute approximate surface area is 102 Å². The molecule has 1 N–H and O–H groups in total. The second kappa shape index (κ2) is 6.20. The molecule has 94 valence electrons. The molecule has 5 heteroatoms. The number of hydrogen-bond donors (Lipinski definition) is 1. The standard InChI is InChI=1S/C12H19N3O2/c1-14(2)7-4-8-15(3)10-5-6-13-11(9-10)12(16)17/h5-6,9H,4,7-8H2,1-3H3,(H,16,17). The van der Waals surface area contributed by atoms with Gasteiger partial charge in [-0.05, 0) is 39.2 Å². The highest BCUT2D eigenvalue weighted by Gasteiger charge is 2.07. The third-order valence-corrected chi connectivity index (χ3v) is 2.50. The number of carboxylic acids is 1. The van der Waals surface area contributed by atoms with Crippen molar-refractivity contribution in [1.82, 2.24) is 9.88 Å². The van der Waals surface area contributed by atoms with E-state index >= 15 is 0 Å².